The Labute approximate surface area is 177 Å². The molecule has 1 saturated heterocycles. The molecule has 0 bridgehead atoms. The Kier molecular flexibility index (Phi) is 5.70. The lowest BCUT2D eigenvalue weighted by Crippen LogP contribution is -2.34. The lowest BCUT2D eigenvalue weighted by molar-refractivity contribution is -0.142. The molecule has 1 aliphatic heterocycles. The molecule has 1 unspecified atom stereocenters. The molecule has 9 heteroatoms. The zero-order chi connectivity index (χ0) is 22.2. The van der Waals surface area contributed by atoms with Crippen molar-refractivity contribution in [1.82, 2.24) is 19.5 Å². The van der Waals surface area contributed by atoms with Crippen molar-refractivity contribution < 1.29 is 22.7 Å². The number of alkyl halides is 3. The lowest BCUT2D eigenvalue weighted by Gasteiger charge is -2.32. The van der Waals surface area contributed by atoms with Crippen LogP contribution in [-0.2, 0) is 17.5 Å². The molecule has 0 N–H and O–H groups in total. The van der Waals surface area contributed by atoms with Gasteiger partial charge in [0.05, 0.1) is 5.69 Å². The van der Waals surface area contributed by atoms with E-state index in [2.05, 4.69) is 15.0 Å². The van der Waals surface area contributed by atoms with Crippen molar-refractivity contribution in [2.24, 2.45) is 0 Å². The van der Waals surface area contributed by atoms with Crippen LogP contribution in [0.4, 0.5) is 13.2 Å². The summed E-state index contributed by atoms with van der Waals surface area (Å²) >= 11 is 0. The number of ether oxygens (including phenoxy) is 1. The summed E-state index contributed by atoms with van der Waals surface area (Å²) in [6.07, 6.45) is -2.84. The number of halogens is 3. The fraction of sp³-hybridized carbons (Fsp3) is 0.409. The number of hydrogen-bond acceptors (Lipinski definition) is 5. The van der Waals surface area contributed by atoms with Gasteiger partial charge in [-0.1, -0.05) is 12.1 Å². The summed E-state index contributed by atoms with van der Waals surface area (Å²) in [6.45, 7) is 5.16. The standard InChI is InChI=1S/C22H23F3N4O2/c1-14-10-21-26-19(11-20(22(23,24)25)29(21)27-14)17-4-3-9-28(13-17)12-16-5-7-18(8-6-16)31-15(2)30/h5-8,10-11,17H,3-4,9,12-13H2,1-2H3. The monoisotopic (exact) mass is 432 g/mol. The van der Waals surface area contributed by atoms with E-state index in [4.69, 9.17) is 4.74 Å². The predicted molar refractivity (Wildman–Crippen MR) is 108 cm³/mol. The van der Waals surface area contributed by atoms with Gasteiger partial charge in [0.1, 0.15) is 11.4 Å². The van der Waals surface area contributed by atoms with Gasteiger partial charge in [-0.05, 0) is 50.1 Å². The second-order valence-electron chi connectivity index (χ2n) is 7.93. The Bertz CT molecular complexity index is 1090. The fourth-order valence-corrected chi connectivity index (χ4v) is 4.05. The SMILES string of the molecule is CC(=O)Oc1ccc(CN2CCCC(c3cc(C(F)(F)F)n4nc(C)cc4n3)C2)cc1. The van der Waals surface area contributed by atoms with Crippen LogP contribution in [0.1, 0.15) is 48.3 Å². The number of piperidine rings is 1. The van der Waals surface area contributed by atoms with Crippen LogP contribution in [0.3, 0.4) is 0 Å². The Balaban J connectivity index is 1.53. The number of fused-ring (bicyclic) bond motifs is 1. The molecule has 3 aromatic rings. The van der Waals surface area contributed by atoms with E-state index in [-0.39, 0.29) is 17.5 Å². The summed E-state index contributed by atoms with van der Waals surface area (Å²) in [4.78, 5) is 17.8. The fourth-order valence-electron chi connectivity index (χ4n) is 4.05. The van der Waals surface area contributed by atoms with Crippen LogP contribution in [0, 0.1) is 6.92 Å². The smallest absolute Gasteiger partial charge is 0.427 e. The quantitative estimate of drug-likeness (QED) is 0.453. The molecule has 0 aliphatic carbocycles. The van der Waals surface area contributed by atoms with Crippen LogP contribution < -0.4 is 4.74 Å². The van der Waals surface area contributed by atoms with E-state index < -0.39 is 11.9 Å². The first kappa shape index (κ1) is 21.3. The van der Waals surface area contributed by atoms with Gasteiger partial charge in [-0.3, -0.25) is 9.69 Å². The number of carbonyl (C=O) groups is 1. The van der Waals surface area contributed by atoms with Crippen molar-refractivity contribution in [2.45, 2.75) is 45.3 Å². The normalized spacial score (nSPS) is 17.8. The highest BCUT2D eigenvalue weighted by atomic mass is 19.4. The number of rotatable bonds is 4. The van der Waals surface area contributed by atoms with Crippen LogP contribution in [0.2, 0.25) is 0 Å². The van der Waals surface area contributed by atoms with Crippen molar-refractivity contribution in [3.8, 4) is 5.75 Å². The van der Waals surface area contributed by atoms with E-state index in [9.17, 15) is 18.0 Å². The van der Waals surface area contributed by atoms with E-state index in [0.29, 0.717) is 30.2 Å². The Hall–Kier alpha value is -2.94. The van der Waals surface area contributed by atoms with Gasteiger partial charge in [0, 0.05) is 37.7 Å². The molecule has 0 saturated carbocycles. The van der Waals surface area contributed by atoms with Gasteiger partial charge in [0.2, 0.25) is 0 Å². The molecule has 2 aromatic heterocycles. The minimum Gasteiger partial charge on any atom is -0.427 e. The molecule has 164 valence electrons. The number of carbonyl (C=O) groups excluding carboxylic acids is 1. The molecule has 31 heavy (non-hydrogen) atoms. The third-order valence-corrected chi connectivity index (χ3v) is 5.37. The molecular weight excluding hydrogens is 409 g/mol. The number of benzene rings is 1. The number of aromatic nitrogens is 3. The van der Waals surface area contributed by atoms with Gasteiger partial charge in [0.25, 0.3) is 0 Å². The maximum absolute atomic E-state index is 13.6. The first-order chi connectivity index (χ1) is 14.7. The lowest BCUT2D eigenvalue weighted by atomic mass is 9.93. The summed E-state index contributed by atoms with van der Waals surface area (Å²) in [5, 5.41) is 3.95. The molecule has 3 heterocycles. The highest BCUT2D eigenvalue weighted by Gasteiger charge is 2.36. The zero-order valence-corrected chi connectivity index (χ0v) is 17.3. The average molecular weight is 432 g/mol. The topological polar surface area (TPSA) is 59.7 Å². The van der Waals surface area contributed by atoms with Crippen molar-refractivity contribution in [2.75, 3.05) is 13.1 Å². The second-order valence-corrected chi connectivity index (χ2v) is 7.93. The molecule has 0 spiro atoms. The number of nitrogens with zero attached hydrogens (tertiary/aromatic N) is 4. The molecule has 1 atom stereocenters. The molecule has 1 aliphatic rings. The third kappa shape index (κ3) is 4.87. The van der Waals surface area contributed by atoms with E-state index in [1.54, 1.807) is 25.1 Å². The van der Waals surface area contributed by atoms with Crippen LogP contribution in [0.15, 0.2) is 36.4 Å². The minimum atomic E-state index is -4.51. The van der Waals surface area contributed by atoms with Crippen LogP contribution in [0.25, 0.3) is 5.65 Å². The van der Waals surface area contributed by atoms with E-state index >= 15 is 0 Å². The first-order valence-corrected chi connectivity index (χ1v) is 10.1. The highest BCUT2D eigenvalue weighted by molar-refractivity contribution is 5.69. The van der Waals surface area contributed by atoms with Gasteiger partial charge in [0.15, 0.2) is 5.65 Å². The summed E-state index contributed by atoms with van der Waals surface area (Å²) in [5.74, 6) is 0.0270. The predicted octanol–water partition coefficient (Wildman–Crippen LogP) is 4.36. The van der Waals surface area contributed by atoms with Crippen LogP contribution in [0.5, 0.6) is 5.75 Å². The maximum Gasteiger partial charge on any atom is 0.433 e. The van der Waals surface area contributed by atoms with Crippen molar-refractivity contribution in [1.29, 1.82) is 0 Å². The molecule has 1 aromatic carbocycles. The average Bonchev–Trinajstić information content (AvgIpc) is 3.07. The summed E-state index contributed by atoms with van der Waals surface area (Å²) in [6, 6.07) is 9.98. The molecule has 0 radical (unpaired) electrons. The van der Waals surface area contributed by atoms with E-state index in [0.717, 1.165) is 35.5 Å². The summed E-state index contributed by atoms with van der Waals surface area (Å²) < 4.78 is 46.8. The van der Waals surface area contributed by atoms with Gasteiger partial charge in [-0.25, -0.2) is 9.50 Å². The Morgan fingerprint density at radius 3 is 2.65 bits per heavy atom. The van der Waals surface area contributed by atoms with Gasteiger partial charge < -0.3 is 4.74 Å². The number of likely N-dealkylation sites (tertiary alicyclic amines) is 1. The molecule has 6 nitrogen and oxygen atoms in total. The van der Waals surface area contributed by atoms with Crippen LogP contribution >= 0.6 is 0 Å². The molecule has 4 rings (SSSR count). The van der Waals surface area contributed by atoms with Crippen molar-refractivity contribution in [3.63, 3.8) is 0 Å². The third-order valence-electron chi connectivity index (χ3n) is 5.37. The van der Waals surface area contributed by atoms with Crippen molar-refractivity contribution >= 4 is 11.6 Å². The zero-order valence-electron chi connectivity index (χ0n) is 17.3. The second kappa shape index (κ2) is 8.30. The Morgan fingerprint density at radius 2 is 1.97 bits per heavy atom. The van der Waals surface area contributed by atoms with Gasteiger partial charge in [-0.15, -0.1) is 0 Å². The highest BCUT2D eigenvalue weighted by Crippen LogP contribution is 2.34. The number of hydrogen-bond donors (Lipinski definition) is 0. The van der Waals surface area contributed by atoms with Crippen molar-refractivity contribution in [3.05, 3.63) is 59.0 Å². The largest absolute Gasteiger partial charge is 0.433 e. The molecule has 0 amide bonds. The maximum atomic E-state index is 13.6. The number of esters is 1. The van der Waals surface area contributed by atoms with E-state index in [1.807, 2.05) is 12.1 Å². The van der Waals surface area contributed by atoms with Crippen LogP contribution in [-0.4, -0.2) is 38.6 Å². The number of aryl methyl sites for hydroxylation is 1. The van der Waals surface area contributed by atoms with E-state index in [1.165, 1.54) is 6.92 Å². The first-order valence-electron chi connectivity index (χ1n) is 10.1. The van der Waals surface area contributed by atoms with Gasteiger partial charge in [-0.2, -0.15) is 18.3 Å². The Morgan fingerprint density at radius 1 is 1.23 bits per heavy atom. The van der Waals surface area contributed by atoms with Gasteiger partial charge >= 0.3 is 12.1 Å². The minimum absolute atomic E-state index is 0.0876. The molecule has 1 fully saturated rings. The summed E-state index contributed by atoms with van der Waals surface area (Å²) in [7, 11) is 0. The molecular formula is C22H23F3N4O2. The summed E-state index contributed by atoms with van der Waals surface area (Å²) in [5.41, 5.74) is 1.42.